The summed E-state index contributed by atoms with van der Waals surface area (Å²) in [6.45, 7) is 1.70. The van der Waals surface area contributed by atoms with Crippen molar-refractivity contribution >= 4 is 28.3 Å². The molecule has 0 saturated carbocycles. The molecule has 0 aliphatic heterocycles. The minimum Gasteiger partial charge on any atom is -0.335 e. The standard InChI is InChI=1S/C8H9N5O2S/c1-2-5-12-13-8(16-5)11-7(15)6(14)10-4-3-9/h2,4H2,1H3,(H,10,14)(H,11,13,15). The predicted octanol–water partition coefficient (Wildman–Crippen LogP) is -0.321. The lowest BCUT2D eigenvalue weighted by Crippen LogP contribution is -2.35. The molecule has 2 N–H and O–H groups in total. The van der Waals surface area contributed by atoms with Crippen molar-refractivity contribution in [2.75, 3.05) is 11.9 Å². The quantitative estimate of drug-likeness (QED) is 0.555. The molecule has 8 heteroatoms. The molecule has 1 heterocycles. The van der Waals surface area contributed by atoms with E-state index in [9.17, 15) is 9.59 Å². The molecule has 0 fully saturated rings. The summed E-state index contributed by atoms with van der Waals surface area (Å²) >= 11 is 1.20. The molecule has 0 aromatic carbocycles. The van der Waals surface area contributed by atoms with Gasteiger partial charge in [-0.15, -0.1) is 10.2 Å². The molecule has 0 saturated heterocycles. The van der Waals surface area contributed by atoms with Crippen LogP contribution in [0.4, 0.5) is 5.13 Å². The average Bonchev–Trinajstić information content (AvgIpc) is 2.73. The number of hydrogen-bond donors (Lipinski definition) is 2. The second-order valence-corrected chi connectivity index (χ2v) is 3.71. The van der Waals surface area contributed by atoms with E-state index in [1.807, 2.05) is 6.92 Å². The van der Waals surface area contributed by atoms with E-state index < -0.39 is 11.8 Å². The van der Waals surface area contributed by atoms with Gasteiger partial charge in [-0.25, -0.2) is 0 Å². The number of rotatable bonds is 3. The maximum absolute atomic E-state index is 11.2. The van der Waals surface area contributed by atoms with Crippen molar-refractivity contribution in [2.45, 2.75) is 13.3 Å². The van der Waals surface area contributed by atoms with Crippen molar-refractivity contribution in [3.05, 3.63) is 5.01 Å². The van der Waals surface area contributed by atoms with Crippen molar-refractivity contribution < 1.29 is 9.59 Å². The summed E-state index contributed by atoms with van der Waals surface area (Å²) < 4.78 is 0. The van der Waals surface area contributed by atoms with Gasteiger partial charge in [0.25, 0.3) is 0 Å². The topological polar surface area (TPSA) is 108 Å². The Bertz CT molecular complexity index is 436. The highest BCUT2D eigenvalue weighted by atomic mass is 32.1. The molecule has 0 aliphatic rings. The van der Waals surface area contributed by atoms with Crippen molar-refractivity contribution in [3.63, 3.8) is 0 Å². The van der Waals surface area contributed by atoms with Crippen LogP contribution in [0, 0.1) is 11.3 Å². The highest BCUT2D eigenvalue weighted by Crippen LogP contribution is 2.14. The van der Waals surface area contributed by atoms with Crippen LogP contribution in [0.3, 0.4) is 0 Å². The van der Waals surface area contributed by atoms with E-state index in [1.165, 1.54) is 11.3 Å². The van der Waals surface area contributed by atoms with Crippen molar-refractivity contribution in [2.24, 2.45) is 0 Å². The van der Waals surface area contributed by atoms with E-state index in [-0.39, 0.29) is 11.7 Å². The van der Waals surface area contributed by atoms with Crippen molar-refractivity contribution in [1.29, 1.82) is 5.26 Å². The number of amides is 2. The number of aryl methyl sites for hydroxylation is 1. The Hall–Kier alpha value is -2.01. The molecule has 1 aromatic heterocycles. The lowest BCUT2D eigenvalue weighted by Gasteiger charge is -1.99. The van der Waals surface area contributed by atoms with Gasteiger partial charge in [0.2, 0.25) is 5.13 Å². The summed E-state index contributed by atoms with van der Waals surface area (Å²) in [4.78, 5) is 22.3. The normalized spacial score (nSPS) is 9.25. The smallest absolute Gasteiger partial charge is 0.315 e. The van der Waals surface area contributed by atoms with Crippen LogP contribution in [0.5, 0.6) is 0 Å². The Labute approximate surface area is 95.5 Å². The van der Waals surface area contributed by atoms with E-state index in [2.05, 4.69) is 20.8 Å². The maximum Gasteiger partial charge on any atom is 0.315 e. The zero-order chi connectivity index (χ0) is 12.0. The number of nitrogens with zero attached hydrogens (tertiary/aromatic N) is 3. The summed E-state index contributed by atoms with van der Waals surface area (Å²) in [7, 11) is 0. The summed E-state index contributed by atoms with van der Waals surface area (Å²) in [5, 5.41) is 21.1. The average molecular weight is 239 g/mol. The molecular weight excluding hydrogens is 230 g/mol. The summed E-state index contributed by atoms with van der Waals surface area (Å²) in [5.41, 5.74) is 0. The molecule has 1 aromatic rings. The first-order chi connectivity index (χ1) is 7.67. The Kier molecular flexibility index (Phi) is 4.35. The van der Waals surface area contributed by atoms with Crippen molar-refractivity contribution in [3.8, 4) is 6.07 Å². The molecule has 16 heavy (non-hydrogen) atoms. The third-order valence-corrected chi connectivity index (χ3v) is 2.51. The number of hydrogen-bond acceptors (Lipinski definition) is 6. The van der Waals surface area contributed by atoms with Gasteiger partial charge in [-0.3, -0.25) is 14.9 Å². The summed E-state index contributed by atoms with van der Waals surface area (Å²) in [6, 6.07) is 1.69. The first-order valence-corrected chi connectivity index (χ1v) is 5.27. The Morgan fingerprint density at radius 3 is 2.75 bits per heavy atom. The predicted molar refractivity (Wildman–Crippen MR) is 56.5 cm³/mol. The van der Waals surface area contributed by atoms with Gasteiger partial charge in [-0.05, 0) is 6.42 Å². The molecule has 7 nitrogen and oxygen atoms in total. The minimum atomic E-state index is -0.866. The number of nitriles is 1. The Morgan fingerprint density at radius 2 is 2.19 bits per heavy atom. The number of aromatic nitrogens is 2. The van der Waals surface area contributed by atoms with Gasteiger partial charge in [-0.1, -0.05) is 18.3 Å². The monoisotopic (exact) mass is 239 g/mol. The molecule has 0 bridgehead atoms. The van der Waals surface area contributed by atoms with Gasteiger partial charge < -0.3 is 5.32 Å². The van der Waals surface area contributed by atoms with Gasteiger partial charge in [0.05, 0.1) is 6.07 Å². The van der Waals surface area contributed by atoms with Crippen LogP contribution in [0.2, 0.25) is 0 Å². The van der Waals surface area contributed by atoms with E-state index >= 15 is 0 Å². The second-order valence-electron chi connectivity index (χ2n) is 2.65. The van der Waals surface area contributed by atoms with E-state index in [0.29, 0.717) is 6.42 Å². The molecule has 0 radical (unpaired) electrons. The third-order valence-electron chi connectivity index (χ3n) is 1.52. The number of anilines is 1. The molecule has 0 atom stereocenters. The van der Waals surface area contributed by atoms with Crippen molar-refractivity contribution in [1.82, 2.24) is 15.5 Å². The largest absolute Gasteiger partial charge is 0.335 e. The first-order valence-electron chi connectivity index (χ1n) is 4.46. The van der Waals surface area contributed by atoms with Gasteiger partial charge >= 0.3 is 11.8 Å². The Balaban J connectivity index is 2.51. The fourth-order valence-corrected chi connectivity index (χ4v) is 1.48. The van der Waals surface area contributed by atoms with Crippen LogP contribution >= 0.6 is 11.3 Å². The zero-order valence-corrected chi connectivity index (χ0v) is 9.30. The van der Waals surface area contributed by atoms with Gasteiger partial charge in [0.15, 0.2) is 0 Å². The molecular formula is C8H9N5O2S. The van der Waals surface area contributed by atoms with Crippen LogP contribution < -0.4 is 10.6 Å². The van der Waals surface area contributed by atoms with E-state index in [0.717, 1.165) is 5.01 Å². The molecule has 0 spiro atoms. The number of carbonyl (C=O) groups excluding carboxylic acids is 2. The first kappa shape index (κ1) is 12.1. The fraction of sp³-hybridized carbons (Fsp3) is 0.375. The number of carbonyl (C=O) groups is 2. The Morgan fingerprint density at radius 1 is 1.44 bits per heavy atom. The highest BCUT2D eigenvalue weighted by Gasteiger charge is 2.14. The molecule has 2 amide bonds. The maximum atomic E-state index is 11.2. The molecule has 0 aliphatic carbocycles. The lowest BCUT2D eigenvalue weighted by atomic mass is 10.5. The van der Waals surface area contributed by atoms with Crippen LogP contribution in [0.25, 0.3) is 0 Å². The molecule has 0 unspecified atom stereocenters. The molecule has 84 valence electrons. The van der Waals surface area contributed by atoms with Crippen LogP contribution in [0.1, 0.15) is 11.9 Å². The van der Waals surface area contributed by atoms with Gasteiger partial charge in [0, 0.05) is 0 Å². The third kappa shape index (κ3) is 3.29. The van der Waals surface area contributed by atoms with E-state index in [4.69, 9.17) is 5.26 Å². The molecule has 1 rings (SSSR count). The van der Waals surface area contributed by atoms with Gasteiger partial charge in [-0.2, -0.15) is 5.26 Å². The number of nitrogens with one attached hydrogen (secondary N) is 2. The zero-order valence-electron chi connectivity index (χ0n) is 8.48. The lowest BCUT2D eigenvalue weighted by molar-refractivity contribution is -0.136. The van der Waals surface area contributed by atoms with Gasteiger partial charge in [0.1, 0.15) is 11.6 Å². The van der Waals surface area contributed by atoms with Crippen LogP contribution in [-0.2, 0) is 16.0 Å². The minimum absolute atomic E-state index is 0.206. The summed E-state index contributed by atoms with van der Waals surface area (Å²) in [5.74, 6) is -1.72. The van der Waals surface area contributed by atoms with Crippen LogP contribution in [-0.4, -0.2) is 28.6 Å². The van der Waals surface area contributed by atoms with E-state index in [1.54, 1.807) is 6.07 Å². The SMILES string of the molecule is CCc1nnc(NC(=O)C(=O)NCC#N)s1. The second kappa shape index (κ2) is 5.77. The van der Waals surface area contributed by atoms with Crippen LogP contribution in [0.15, 0.2) is 0 Å². The summed E-state index contributed by atoms with van der Waals surface area (Å²) in [6.07, 6.45) is 0.716. The fourth-order valence-electron chi connectivity index (χ4n) is 0.801. The highest BCUT2D eigenvalue weighted by molar-refractivity contribution is 7.15.